The van der Waals surface area contributed by atoms with Crippen LogP contribution in [0.3, 0.4) is 0 Å². The van der Waals surface area contributed by atoms with E-state index in [-0.39, 0.29) is 12.5 Å². The fourth-order valence-electron chi connectivity index (χ4n) is 5.16. The number of alkyl halides is 3. The number of aromatic nitrogens is 3. The van der Waals surface area contributed by atoms with Crippen LogP contribution in [0.15, 0.2) is 24.4 Å². The van der Waals surface area contributed by atoms with Crippen molar-refractivity contribution in [3.05, 3.63) is 52.7 Å². The van der Waals surface area contributed by atoms with Crippen LogP contribution in [0.4, 0.5) is 13.2 Å². The second-order valence-electron chi connectivity index (χ2n) is 9.47. The highest BCUT2D eigenvalue weighted by Crippen LogP contribution is 2.43. The molecule has 1 aliphatic carbocycles. The van der Waals surface area contributed by atoms with Gasteiger partial charge in [-0.15, -0.1) is 0 Å². The summed E-state index contributed by atoms with van der Waals surface area (Å²) in [6.45, 7) is 4.74. The number of piperidine rings is 1. The summed E-state index contributed by atoms with van der Waals surface area (Å²) in [7, 11) is 0. The number of halogens is 3. The Bertz CT molecular complexity index is 1190. The molecule has 3 aromatic rings. The van der Waals surface area contributed by atoms with Crippen molar-refractivity contribution in [3.8, 4) is 6.07 Å². The van der Waals surface area contributed by atoms with Gasteiger partial charge in [-0.25, -0.2) is 4.98 Å². The van der Waals surface area contributed by atoms with Crippen LogP contribution in [-0.2, 0) is 13.0 Å². The Morgan fingerprint density at radius 1 is 1.18 bits per heavy atom. The van der Waals surface area contributed by atoms with Gasteiger partial charge in [-0.3, -0.25) is 4.90 Å². The van der Waals surface area contributed by atoms with Crippen LogP contribution in [0.2, 0.25) is 0 Å². The lowest BCUT2D eigenvalue weighted by Gasteiger charge is -2.34. The van der Waals surface area contributed by atoms with Crippen molar-refractivity contribution in [1.82, 2.24) is 19.4 Å². The number of likely N-dealkylation sites (tertiary alicyclic amines) is 1. The normalized spacial score (nSPS) is 18.2. The first kappa shape index (κ1) is 22.0. The Morgan fingerprint density at radius 2 is 1.94 bits per heavy atom. The highest BCUT2D eigenvalue weighted by molar-refractivity contribution is 5.85. The molecule has 5 nitrogen and oxygen atoms in total. The van der Waals surface area contributed by atoms with Crippen LogP contribution in [0.25, 0.3) is 10.9 Å². The molecule has 1 aliphatic heterocycles. The third-order valence-electron chi connectivity index (χ3n) is 7.15. The SMILES string of the molecule is Cc1c(CN2CCC(n3c(C4CC4)cnc3CCC(F)(F)F)CC2)ccc2[nH]c(C#N)cc12. The number of nitrogens with one attached hydrogen (secondary N) is 1. The van der Waals surface area contributed by atoms with Crippen LogP contribution in [0.5, 0.6) is 0 Å². The van der Waals surface area contributed by atoms with Crippen LogP contribution < -0.4 is 0 Å². The van der Waals surface area contributed by atoms with Gasteiger partial charge in [0, 0.05) is 60.8 Å². The number of H-pyrrole nitrogens is 1. The first-order chi connectivity index (χ1) is 15.8. The van der Waals surface area contributed by atoms with Crippen molar-refractivity contribution in [2.45, 2.75) is 70.1 Å². The summed E-state index contributed by atoms with van der Waals surface area (Å²) in [6.07, 6.45) is 0.846. The van der Waals surface area contributed by atoms with E-state index >= 15 is 0 Å². The standard InChI is InChI=1S/C25H28F3N5/c1-16-18(4-5-22-21(16)12-19(13-29)31-22)15-32-10-7-20(8-11-32)33-23(17-2-3-17)14-30-24(33)6-9-25(26,27)28/h4-5,12,14,17,20,31H,2-3,6-11,15H2,1H3. The van der Waals surface area contributed by atoms with Crippen LogP contribution in [0, 0.1) is 18.3 Å². The quantitative estimate of drug-likeness (QED) is 0.515. The van der Waals surface area contributed by atoms with E-state index in [1.54, 1.807) is 0 Å². The summed E-state index contributed by atoms with van der Waals surface area (Å²) in [5.41, 5.74) is 5.11. The third kappa shape index (κ3) is 4.65. The maximum absolute atomic E-state index is 12.8. The Morgan fingerprint density at radius 3 is 2.61 bits per heavy atom. The van der Waals surface area contributed by atoms with Gasteiger partial charge in [-0.1, -0.05) is 6.07 Å². The lowest BCUT2D eigenvalue weighted by atomic mass is 10.00. The molecule has 8 heteroatoms. The number of rotatable bonds is 6. The highest BCUT2D eigenvalue weighted by Gasteiger charge is 2.34. The Balaban J connectivity index is 1.28. The number of hydrogen-bond donors (Lipinski definition) is 1. The van der Waals surface area contributed by atoms with Crippen molar-refractivity contribution in [2.75, 3.05) is 13.1 Å². The van der Waals surface area contributed by atoms with E-state index in [1.165, 1.54) is 11.1 Å². The number of nitriles is 1. The predicted octanol–water partition coefficient (Wildman–Crippen LogP) is 5.75. The summed E-state index contributed by atoms with van der Waals surface area (Å²) in [5, 5.41) is 10.2. The van der Waals surface area contributed by atoms with Gasteiger partial charge in [0.2, 0.25) is 0 Å². The molecule has 2 aliphatic rings. The molecule has 2 aromatic heterocycles. The highest BCUT2D eigenvalue weighted by atomic mass is 19.4. The van der Waals surface area contributed by atoms with Gasteiger partial charge >= 0.3 is 6.18 Å². The Labute approximate surface area is 191 Å². The van der Waals surface area contributed by atoms with Crippen molar-refractivity contribution >= 4 is 10.9 Å². The molecule has 0 unspecified atom stereocenters. The van der Waals surface area contributed by atoms with Gasteiger partial charge in [0.1, 0.15) is 17.6 Å². The van der Waals surface area contributed by atoms with Gasteiger partial charge in [-0.05, 0) is 55.9 Å². The molecule has 3 heterocycles. The van der Waals surface area contributed by atoms with Gasteiger partial charge in [-0.2, -0.15) is 18.4 Å². The minimum Gasteiger partial charge on any atom is -0.346 e. The van der Waals surface area contributed by atoms with E-state index in [9.17, 15) is 13.2 Å². The molecule has 0 radical (unpaired) electrons. The Kier molecular flexibility index (Phi) is 5.69. The number of aromatic amines is 1. The van der Waals surface area contributed by atoms with E-state index in [2.05, 4.69) is 38.5 Å². The molecule has 33 heavy (non-hydrogen) atoms. The molecule has 1 saturated carbocycles. The van der Waals surface area contributed by atoms with Gasteiger partial charge in [0.25, 0.3) is 0 Å². The number of benzene rings is 1. The van der Waals surface area contributed by atoms with Crippen molar-refractivity contribution in [3.63, 3.8) is 0 Å². The molecule has 5 rings (SSSR count). The zero-order valence-electron chi connectivity index (χ0n) is 18.8. The minimum absolute atomic E-state index is 0.0446. The number of aryl methyl sites for hydroxylation is 2. The molecule has 0 bridgehead atoms. The minimum atomic E-state index is -4.16. The first-order valence-electron chi connectivity index (χ1n) is 11.7. The van der Waals surface area contributed by atoms with E-state index in [0.717, 1.165) is 61.9 Å². The van der Waals surface area contributed by atoms with Crippen LogP contribution >= 0.6 is 0 Å². The number of hydrogen-bond acceptors (Lipinski definition) is 3. The zero-order chi connectivity index (χ0) is 23.2. The summed E-state index contributed by atoms with van der Waals surface area (Å²) in [4.78, 5) is 9.97. The van der Waals surface area contributed by atoms with E-state index in [1.807, 2.05) is 18.3 Å². The fraction of sp³-hybridized carbons (Fsp3) is 0.520. The van der Waals surface area contributed by atoms with E-state index in [0.29, 0.717) is 17.4 Å². The van der Waals surface area contributed by atoms with Crippen LogP contribution in [0.1, 0.15) is 72.4 Å². The van der Waals surface area contributed by atoms with E-state index < -0.39 is 12.6 Å². The average Bonchev–Trinajstić information content (AvgIpc) is 3.39. The summed E-state index contributed by atoms with van der Waals surface area (Å²) < 4.78 is 40.7. The zero-order valence-corrected chi connectivity index (χ0v) is 18.8. The second kappa shape index (κ2) is 8.53. The molecular formula is C25H28F3N5. The van der Waals surface area contributed by atoms with Crippen molar-refractivity contribution in [1.29, 1.82) is 5.26 Å². The lowest BCUT2D eigenvalue weighted by molar-refractivity contribution is -0.134. The van der Waals surface area contributed by atoms with Gasteiger partial charge in [0.05, 0.1) is 6.42 Å². The Hall–Kier alpha value is -2.79. The molecule has 174 valence electrons. The smallest absolute Gasteiger partial charge is 0.346 e. The maximum Gasteiger partial charge on any atom is 0.389 e. The number of fused-ring (bicyclic) bond motifs is 1. The summed E-state index contributed by atoms with van der Waals surface area (Å²) >= 11 is 0. The van der Waals surface area contributed by atoms with Crippen molar-refractivity contribution in [2.24, 2.45) is 0 Å². The van der Waals surface area contributed by atoms with E-state index in [4.69, 9.17) is 5.26 Å². The molecule has 0 amide bonds. The summed E-state index contributed by atoms with van der Waals surface area (Å²) in [5.74, 6) is 1.05. The fourth-order valence-corrected chi connectivity index (χ4v) is 5.16. The molecular weight excluding hydrogens is 427 g/mol. The predicted molar refractivity (Wildman–Crippen MR) is 120 cm³/mol. The maximum atomic E-state index is 12.8. The van der Waals surface area contributed by atoms with Crippen LogP contribution in [-0.4, -0.2) is 38.7 Å². The average molecular weight is 456 g/mol. The number of nitrogens with zero attached hydrogens (tertiary/aromatic N) is 4. The monoisotopic (exact) mass is 455 g/mol. The van der Waals surface area contributed by atoms with Crippen molar-refractivity contribution < 1.29 is 13.2 Å². The second-order valence-corrected chi connectivity index (χ2v) is 9.47. The third-order valence-corrected chi connectivity index (χ3v) is 7.15. The largest absolute Gasteiger partial charge is 0.389 e. The molecule has 0 atom stereocenters. The summed E-state index contributed by atoms with van der Waals surface area (Å²) in [6, 6.07) is 8.44. The molecule has 2 fully saturated rings. The molecule has 1 aromatic carbocycles. The topological polar surface area (TPSA) is 60.6 Å². The lowest BCUT2D eigenvalue weighted by Crippen LogP contribution is -2.35. The molecule has 1 N–H and O–H groups in total. The molecule has 1 saturated heterocycles. The first-order valence-corrected chi connectivity index (χ1v) is 11.7. The van der Waals surface area contributed by atoms with Gasteiger partial charge < -0.3 is 9.55 Å². The molecule has 0 spiro atoms. The number of imidazole rings is 1. The van der Waals surface area contributed by atoms with Gasteiger partial charge in [0.15, 0.2) is 0 Å².